The van der Waals surface area contributed by atoms with E-state index in [9.17, 15) is 22.8 Å². The minimum Gasteiger partial charge on any atom is -0.488 e. The molecule has 0 aromatic heterocycles. The second-order valence-electron chi connectivity index (χ2n) is 8.99. The fourth-order valence-electron chi connectivity index (χ4n) is 4.57. The van der Waals surface area contributed by atoms with Gasteiger partial charge in [0, 0.05) is 18.2 Å². The molecule has 0 aliphatic heterocycles. The van der Waals surface area contributed by atoms with Crippen LogP contribution in [0.2, 0.25) is 0 Å². The highest BCUT2D eigenvalue weighted by Gasteiger charge is 2.32. The Morgan fingerprint density at radius 2 is 1.68 bits per heavy atom. The second kappa shape index (κ2) is 11.5. The Hall–Kier alpha value is -4.07. The average molecular weight is 524 g/mol. The number of benzene rings is 3. The molecule has 1 aliphatic rings. The minimum atomic E-state index is -4.52. The van der Waals surface area contributed by atoms with Gasteiger partial charge in [0.15, 0.2) is 0 Å². The number of ether oxygens (including phenoxy) is 2. The highest BCUT2D eigenvalue weighted by atomic mass is 19.4. The van der Waals surface area contributed by atoms with E-state index in [1.807, 2.05) is 30.3 Å². The summed E-state index contributed by atoms with van der Waals surface area (Å²) in [6.45, 7) is 3.43. The molecule has 0 atom stereocenters. The van der Waals surface area contributed by atoms with Crippen LogP contribution in [0.5, 0.6) is 5.75 Å². The predicted molar refractivity (Wildman–Crippen MR) is 140 cm³/mol. The molecule has 1 amide bonds. The molecule has 0 heterocycles. The van der Waals surface area contributed by atoms with Crippen LogP contribution in [-0.4, -0.2) is 18.5 Å². The highest BCUT2D eigenvalue weighted by molar-refractivity contribution is 5.99. The predicted octanol–water partition coefficient (Wildman–Crippen LogP) is 7.51. The van der Waals surface area contributed by atoms with Crippen LogP contribution < -0.4 is 10.1 Å². The van der Waals surface area contributed by atoms with E-state index >= 15 is 0 Å². The largest absolute Gasteiger partial charge is 0.488 e. The summed E-state index contributed by atoms with van der Waals surface area (Å²) in [6, 6.07) is 17.8. The van der Waals surface area contributed by atoms with E-state index in [0.29, 0.717) is 41.0 Å². The van der Waals surface area contributed by atoms with E-state index in [-0.39, 0.29) is 24.7 Å². The number of carbonyl (C=O) groups is 2. The van der Waals surface area contributed by atoms with E-state index in [0.717, 1.165) is 29.7 Å². The van der Waals surface area contributed by atoms with Crippen LogP contribution in [0, 0.1) is 0 Å². The number of hydrogen-bond acceptors (Lipinski definition) is 4. The van der Waals surface area contributed by atoms with E-state index in [1.54, 1.807) is 19.1 Å². The Morgan fingerprint density at radius 3 is 2.37 bits per heavy atom. The van der Waals surface area contributed by atoms with Crippen LogP contribution in [0.4, 0.5) is 18.9 Å². The molecule has 0 unspecified atom stereocenters. The molecule has 3 aromatic rings. The standard InChI is InChI=1S/C30H28F3NO4/c1-3-37-29(36)22-14-21(15-24(16-22)34-19(2)35)25-10-7-11-26(25)27-17-23(30(31,32)33)12-13-28(27)38-18-20-8-5-4-6-9-20/h4-6,8-9,12-17H,3,7,10-11,18H2,1-2H3,(H,34,35). The molecule has 0 bridgehead atoms. The minimum absolute atomic E-state index is 0.179. The van der Waals surface area contributed by atoms with E-state index in [2.05, 4.69) is 5.32 Å². The number of esters is 1. The molecule has 4 rings (SSSR count). The monoisotopic (exact) mass is 523 g/mol. The second-order valence-corrected chi connectivity index (χ2v) is 8.99. The lowest BCUT2D eigenvalue weighted by molar-refractivity contribution is -0.137. The summed E-state index contributed by atoms with van der Waals surface area (Å²) in [5.74, 6) is -0.515. The fraction of sp³-hybridized carbons (Fsp3) is 0.267. The van der Waals surface area contributed by atoms with Crippen molar-refractivity contribution in [3.63, 3.8) is 0 Å². The van der Waals surface area contributed by atoms with Crippen molar-refractivity contribution in [3.8, 4) is 5.75 Å². The topological polar surface area (TPSA) is 64.6 Å². The van der Waals surface area contributed by atoms with Gasteiger partial charge in [-0.1, -0.05) is 30.3 Å². The molecular formula is C30H28F3NO4. The molecule has 198 valence electrons. The number of amides is 1. The Morgan fingerprint density at radius 1 is 0.947 bits per heavy atom. The summed E-state index contributed by atoms with van der Waals surface area (Å²) in [5.41, 5.74) is 3.29. The number of carbonyl (C=O) groups excluding carboxylic acids is 2. The fourth-order valence-corrected chi connectivity index (χ4v) is 4.57. The van der Waals surface area contributed by atoms with Gasteiger partial charge in [0.25, 0.3) is 0 Å². The molecular weight excluding hydrogens is 495 g/mol. The van der Waals surface area contributed by atoms with Crippen LogP contribution in [0.25, 0.3) is 11.1 Å². The van der Waals surface area contributed by atoms with Crippen LogP contribution in [-0.2, 0) is 22.3 Å². The van der Waals surface area contributed by atoms with Gasteiger partial charge >= 0.3 is 12.1 Å². The Kier molecular flexibility index (Phi) is 8.20. The van der Waals surface area contributed by atoms with Gasteiger partial charge < -0.3 is 14.8 Å². The number of rotatable bonds is 8. The van der Waals surface area contributed by atoms with Crippen molar-refractivity contribution >= 4 is 28.7 Å². The maximum atomic E-state index is 13.7. The van der Waals surface area contributed by atoms with Gasteiger partial charge in [0.2, 0.25) is 5.91 Å². The van der Waals surface area contributed by atoms with Crippen molar-refractivity contribution in [2.75, 3.05) is 11.9 Å². The first-order valence-electron chi connectivity index (χ1n) is 12.4. The number of halogens is 3. The van der Waals surface area contributed by atoms with Crippen molar-refractivity contribution in [1.82, 2.24) is 0 Å². The average Bonchev–Trinajstić information content (AvgIpc) is 3.37. The third kappa shape index (κ3) is 6.43. The van der Waals surface area contributed by atoms with Gasteiger partial charge in [-0.2, -0.15) is 13.2 Å². The van der Waals surface area contributed by atoms with E-state index in [4.69, 9.17) is 9.47 Å². The third-order valence-electron chi connectivity index (χ3n) is 6.20. The molecule has 0 radical (unpaired) electrons. The lowest BCUT2D eigenvalue weighted by Crippen LogP contribution is -2.10. The molecule has 0 saturated carbocycles. The van der Waals surface area contributed by atoms with Gasteiger partial charge in [0.1, 0.15) is 12.4 Å². The molecule has 38 heavy (non-hydrogen) atoms. The molecule has 1 aliphatic carbocycles. The first-order valence-corrected chi connectivity index (χ1v) is 12.4. The van der Waals surface area contributed by atoms with E-state index in [1.165, 1.54) is 19.1 Å². The Labute approximate surface area is 219 Å². The summed E-state index contributed by atoms with van der Waals surface area (Å²) in [5, 5.41) is 2.70. The summed E-state index contributed by atoms with van der Waals surface area (Å²) in [4.78, 5) is 24.3. The van der Waals surface area contributed by atoms with Crippen molar-refractivity contribution in [2.24, 2.45) is 0 Å². The van der Waals surface area contributed by atoms with Crippen LogP contribution >= 0.6 is 0 Å². The summed E-state index contributed by atoms with van der Waals surface area (Å²) in [6.07, 6.45) is -2.67. The number of nitrogens with one attached hydrogen (secondary N) is 1. The van der Waals surface area contributed by atoms with Gasteiger partial charge in [0.05, 0.1) is 17.7 Å². The maximum Gasteiger partial charge on any atom is 0.416 e. The van der Waals surface area contributed by atoms with E-state index < -0.39 is 17.7 Å². The lowest BCUT2D eigenvalue weighted by Gasteiger charge is -2.18. The summed E-state index contributed by atoms with van der Waals surface area (Å²) < 4.78 is 52.3. The molecule has 0 spiro atoms. The zero-order valence-corrected chi connectivity index (χ0v) is 21.2. The number of hydrogen-bond donors (Lipinski definition) is 1. The normalized spacial score (nSPS) is 13.4. The molecule has 8 heteroatoms. The van der Waals surface area contributed by atoms with Gasteiger partial charge in [-0.15, -0.1) is 0 Å². The Balaban J connectivity index is 1.83. The zero-order valence-electron chi connectivity index (χ0n) is 21.2. The van der Waals surface area contributed by atoms with Gasteiger partial charge in [-0.3, -0.25) is 4.79 Å². The highest BCUT2D eigenvalue weighted by Crippen LogP contribution is 2.45. The zero-order chi connectivity index (χ0) is 27.3. The maximum absolute atomic E-state index is 13.7. The van der Waals surface area contributed by atoms with Crippen molar-refractivity contribution in [3.05, 3.63) is 94.5 Å². The summed E-state index contributed by atoms with van der Waals surface area (Å²) >= 11 is 0. The first kappa shape index (κ1) is 27.0. The molecule has 0 saturated heterocycles. The molecule has 5 nitrogen and oxygen atoms in total. The number of allylic oxidation sites excluding steroid dienone is 2. The number of anilines is 1. The van der Waals surface area contributed by atoms with Gasteiger partial charge in [-0.05, 0) is 84.9 Å². The molecule has 0 fully saturated rings. The SMILES string of the molecule is CCOC(=O)c1cc(NC(C)=O)cc(C2=C(c3cc(C(F)(F)F)ccc3OCc3ccccc3)CCC2)c1. The van der Waals surface area contributed by atoms with Crippen molar-refractivity contribution in [2.45, 2.75) is 45.9 Å². The molecule has 3 aromatic carbocycles. The summed E-state index contributed by atoms with van der Waals surface area (Å²) in [7, 11) is 0. The quantitative estimate of drug-likeness (QED) is 0.310. The van der Waals surface area contributed by atoms with Crippen LogP contribution in [0.3, 0.4) is 0 Å². The van der Waals surface area contributed by atoms with Crippen LogP contribution in [0.1, 0.15) is 65.7 Å². The first-order chi connectivity index (χ1) is 18.2. The smallest absolute Gasteiger partial charge is 0.416 e. The van der Waals surface area contributed by atoms with Crippen molar-refractivity contribution < 1.29 is 32.2 Å². The Bertz CT molecular complexity index is 1360. The lowest BCUT2D eigenvalue weighted by atomic mass is 9.93. The van der Waals surface area contributed by atoms with Crippen molar-refractivity contribution in [1.29, 1.82) is 0 Å². The van der Waals surface area contributed by atoms with Gasteiger partial charge in [-0.25, -0.2) is 4.79 Å². The molecule has 1 N–H and O–H groups in total. The van der Waals surface area contributed by atoms with Crippen LogP contribution in [0.15, 0.2) is 66.7 Å². The third-order valence-corrected chi connectivity index (χ3v) is 6.20. The number of alkyl halides is 3.